The molecule has 1 aliphatic heterocycles. The van der Waals surface area contributed by atoms with E-state index < -0.39 is 15.4 Å². The van der Waals surface area contributed by atoms with Gasteiger partial charge in [0.15, 0.2) is 0 Å². The summed E-state index contributed by atoms with van der Waals surface area (Å²) in [5, 5.41) is 0. The predicted molar refractivity (Wildman–Crippen MR) is 117 cm³/mol. The molecule has 0 unspecified atom stereocenters. The van der Waals surface area contributed by atoms with E-state index in [9.17, 15) is 13.2 Å². The van der Waals surface area contributed by atoms with Crippen molar-refractivity contribution < 1.29 is 13.2 Å². The van der Waals surface area contributed by atoms with Gasteiger partial charge in [-0.1, -0.05) is 12.1 Å². The summed E-state index contributed by atoms with van der Waals surface area (Å²) >= 11 is 0. The van der Waals surface area contributed by atoms with Crippen LogP contribution in [0.5, 0.6) is 0 Å². The lowest BCUT2D eigenvalue weighted by Gasteiger charge is -2.21. The minimum absolute atomic E-state index is 0.0386. The zero-order valence-electron chi connectivity index (χ0n) is 17.7. The van der Waals surface area contributed by atoms with Gasteiger partial charge in [0.2, 0.25) is 15.9 Å². The molecule has 0 aliphatic carbocycles. The Bertz CT molecular complexity index is 1010. The van der Waals surface area contributed by atoms with Gasteiger partial charge in [-0.15, -0.1) is 0 Å². The van der Waals surface area contributed by atoms with E-state index in [4.69, 9.17) is 0 Å². The maximum absolute atomic E-state index is 12.8. The van der Waals surface area contributed by atoms with Gasteiger partial charge in [0.25, 0.3) is 0 Å². The summed E-state index contributed by atoms with van der Waals surface area (Å²) in [7, 11) is -1.98. The number of rotatable bonds is 7. The summed E-state index contributed by atoms with van der Waals surface area (Å²) < 4.78 is 28.3. The Hall–Kier alpha value is -2.38. The lowest BCUT2D eigenvalue weighted by Crippen LogP contribution is -2.33. The third-order valence-corrected chi connectivity index (χ3v) is 7.08. The second kappa shape index (κ2) is 7.80. The normalized spacial score (nSPS) is 15.5. The highest BCUT2D eigenvalue weighted by Gasteiger charge is 2.42. The number of carbonyl (C=O) groups excluding carboxylic acids is 1. The summed E-state index contributed by atoms with van der Waals surface area (Å²) in [6, 6.07) is 12.8. The highest BCUT2D eigenvalue weighted by atomic mass is 32.2. The van der Waals surface area contributed by atoms with Gasteiger partial charge in [-0.3, -0.25) is 4.79 Å². The van der Waals surface area contributed by atoms with Gasteiger partial charge < -0.3 is 9.80 Å². The molecule has 1 heterocycles. The standard InChI is InChI=1S/C22H29N3O3S/c1-6-25(7-2)17-10-8-16(9-11-17)15-23-29(27,28)18-12-13-20-19(14-18)22(3,4)21(26)24(20)5/h8-14,23H,6-7,15H2,1-5H3. The van der Waals surface area contributed by atoms with Crippen LogP contribution >= 0.6 is 0 Å². The monoisotopic (exact) mass is 415 g/mol. The molecule has 0 atom stereocenters. The molecule has 0 saturated heterocycles. The minimum Gasteiger partial charge on any atom is -0.372 e. The third kappa shape index (κ3) is 3.89. The Labute approximate surface area is 173 Å². The average Bonchev–Trinajstić information content (AvgIpc) is 2.88. The van der Waals surface area contributed by atoms with Crippen LogP contribution in [0.3, 0.4) is 0 Å². The van der Waals surface area contributed by atoms with Crippen LogP contribution in [0.25, 0.3) is 0 Å². The first-order valence-corrected chi connectivity index (χ1v) is 11.4. The lowest BCUT2D eigenvalue weighted by molar-refractivity contribution is -0.121. The molecule has 1 amide bonds. The van der Waals surface area contributed by atoms with Gasteiger partial charge in [-0.05, 0) is 69.2 Å². The molecule has 0 spiro atoms. The highest BCUT2D eigenvalue weighted by Crippen LogP contribution is 2.41. The van der Waals surface area contributed by atoms with E-state index in [0.717, 1.165) is 35.6 Å². The molecule has 2 aromatic carbocycles. The van der Waals surface area contributed by atoms with Gasteiger partial charge in [-0.2, -0.15) is 0 Å². The molecule has 0 radical (unpaired) electrons. The Morgan fingerprint density at radius 2 is 1.66 bits per heavy atom. The summed E-state index contributed by atoms with van der Waals surface area (Å²) in [5.41, 5.74) is 2.76. The quantitative estimate of drug-likeness (QED) is 0.754. The minimum atomic E-state index is -3.69. The van der Waals surface area contributed by atoms with Gasteiger partial charge in [0, 0.05) is 38.1 Å². The van der Waals surface area contributed by atoms with Crippen molar-refractivity contribution in [3.8, 4) is 0 Å². The molecule has 0 fully saturated rings. The Morgan fingerprint density at radius 1 is 1.03 bits per heavy atom. The van der Waals surface area contributed by atoms with Crippen molar-refractivity contribution >= 4 is 27.3 Å². The fourth-order valence-electron chi connectivity index (χ4n) is 3.79. The van der Waals surface area contributed by atoms with Crippen molar-refractivity contribution in [2.75, 3.05) is 29.9 Å². The number of likely N-dealkylation sites (N-methyl/N-ethyl adjacent to an activating group) is 1. The van der Waals surface area contributed by atoms with Crippen LogP contribution in [0, 0.1) is 0 Å². The number of nitrogens with zero attached hydrogens (tertiary/aromatic N) is 2. The summed E-state index contributed by atoms with van der Waals surface area (Å²) in [4.78, 5) is 16.4. The molecule has 29 heavy (non-hydrogen) atoms. The van der Waals surface area contributed by atoms with Gasteiger partial charge in [0.05, 0.1) is 10.3 Å². The van der Waals surface area contributed by atoms with Crippen LogP contribution in [0.1, 0.15) is 38.8 Å². The fraction of sp³-hybridized carbons (Fsp3) is 0.409. The highest BCUT2D eigenvalue weighted by molar-refractivity contribution is 7.89. The number of hydrogen-bond acceptors (Lipinski definition) is 4. The van der Waals surface area contributed by atoms with Gasteiger partial charge in [-0.25, -0.2) is 13.1 Å². The first-order valence-electron chi connectivity index (χ1n) is 9.88. The zero-order valence-corrected chi connectivity index (χ0v) is 18.5. The fourth-order valence-corrected chi connectivity index (χ4v) is 4.84. The van der Waals surface area contributed by atoms with Crippen LogP contribution in [-0.2, 0) is 26.8 Å². The molecule has 1 aliphatic rings. The summed E-state index contributed by atoms with van der Waals surface area (Å²) in [6.07, 6.45) is 0. The van der Waals surface area contributed by atoms with Gasteiger partial charge in [0.1, 0.15) is 0 Å². The Balaban J connectivity index is 1.78. The molecule has 156 valence electrons. The van der Waals surface area contributed by atoms with Crippen molar-refractivity contribution in [3.05, 3.63) is 53.6 Å². The molecule has 2 aromatic rings. The number of sulfonamides is 1. The molecule has 7 heteroatoms. The van der Waals surface area contributed by atoms with E-state index in [1.54, 1.807) is 30.1 Å². The number of benzene rings is 2. The van der Waals surface area contributed by atoms with E-state index in [2.05, 4.69) is 23.5 Å². The molecular weight excluding hydrogens is 386 g/mol. The van der Waals surface area contributed by atoms with Crippen LogP contribution in [-0.4, -0.2) is 34.5 Å². The van der Waals surface area contributed by atoms with Crippen molar-refractivity contribution in [3.63, 3.8) is 0 Å². The topological polar surface area (TPSA) is 69.7 Å². The Morgan fingerprint density at radius 3 is 2.24 bits per heavy atom. The molecule has 6 nitrogen and oxygen atoms in total. The van der Waals surface area contributed by atoms with Crippen molar-refractivity contribution in [2.45, 2.75) is 44.6 Å². The molecule has 0 saturated carbocycles. The SMILES string of the molecule is CCN(CC)c1ccc(CNS(=O)(=O)c2ccc3c(c2)C(C)(C)C(=O)N3C)cc1. The van der Waals surface area contributed by atoms with E-state index in [1.165, 1.54) is 0 Å². The maximum Gasteiger partial charge on any atom is 0.240 e. The second-order valence-corrected chi connectivity index (χ2v) is 9.60. The molecular formula is C22H29N3O3S. The number of amides is 1. The molecule has 1 N–H and O–H groups in total. The van der Waals surface area contributed by atoms with Crippen LogP contribution in [0.15, 0.2) is 47.4 Å². The Kier molecular flexibility index (Phi) is 5.74. The number of nitrogens with one attached hydrogen (secondary N) is 1. The van der Waals surface area contributed by atoms with Crippen LogP contribution in [0.2, 0.25) is 0 Å². The van der Waals surface area contributed by atoms with E-state index in [-0.39, 0.29) is 17.3 Å². The number of carbonyl (C=O) groups is 1. The smallest absolute Gasteiger partial charge is 0.240 e. The third-order valence-electron chi connectivity index (χ3n) is 5.68. The van der Waals surface area contributed by atoms with Crippen LogP contribution < -0.4 is 14.5 Å². The van der Waals surface area contributed by atoms with Crippen molar-refractivity contribution in [2.24, 2.45) is 0 Å². The number of fused-ring (bicyclic) bond motifs is 1. The van der Waals surface area contributed by atoms with E-state index in [0.29, 0.717) is 0 Å². The second-order valence-electron chi connectivity index (χ2n) is 7.83. The van der Waals surface area contributed by atoms with Crippen molar-refractivity contribution in [1.82, 2.24) is 4.72 Å². The average molecular weight is 416 g/mol. The molecule has 0 bridgehead atoms. The molecule has 0 aromatic heterocycles. The predicted octanol–water partition coefficient (Wildman–Crippen LogP) is 3.27. The largest absolute Gasteiger partial charge is 0.372 e. The first kappa shape index (κ1) is 21.3. The zero-order chi connectivity index (χ0) is 21.4. The molecule has 3 rings (SSSR count). The van der Waals surface area contributed by atoms with Crippen molar-refractivity contribution in [1.29, 1.82) is 0 Å². The van der Waals surface area contributed by atoms with E-state index >= 15 is 0 Å². The number of hydrogen-bond donors (Lipinski definition) is 1. The van der Waals surface area contributed by atoms with Gasteiger partial charge >= 0.3 is 0 Å². The summed E-state index contributed by atoms with van der Waals surface area (Å²) in [5.74, 6) is -0.0386. The first-order chi connectivity index (χ1) is 13.6. The van der Waals surface area contributed by atoms with E-state index in [1.807, 2.05) is 38.1 Å². The maximum atomic E-state index is 12.8. The lowest BCUT2D eigenvalue weighted by atomic mass is 9.86. The number of anilines is 2. The van der Waals surface area contributed by atoms with Crippen LogP contribution in [0.4, 0.5) is 11.4 Å². The summed E-state index contributed by atoms with van der Waals surface area (Å²) in [6.45, 7) is 9.91.